The summed E-state index contributed by atoms with van der Waals surface area (Å²) in [6.45, 7) is 19.1. The van der Waals surface area contributed by atoms with Crippen LogP contribution in [-0.4, -0.2) is 5.78 Å². The minimum Gasteiger partial charge on any atom is 0 e. The summed E-state index contributed by atoms with van der Waals surface area (Å²) in [5.41, 5.74) is 1.94. The molecule has 0 N–H and O–H groups in total. The molecule has 17 heavy (non-hydrogen) atoms. The number of Topliss-reactive ketones (excluding diaryl/α,β-unsaturated/α-hetero) is 1. The van der Waals surface area contributed by atoms with Crippen LogP contribution in [0.15, 0.2) is 23.8 Å². The van der Waals surface area contributed by atoms with Gasteiger partial charge in [0.05, 0.1) is 0 Å². The second-order valence-electron chi connectivity index (χ2n) is 2.79. The topological polar surface area (TPSA) is 76.8 Å². The zero-order chi connectivity index (χ0) is 13.6. The average molecular weight is 276 g/mol. The Labute approximate surface area is 112 Å². The second-order valence-corrected chi connectivity index (χ2v) is 2.79. The molecule has 1 aliphatic rings. The number of ketones is 1. The maximum Gasteiger partial charge on any atom is 0 e. The first-order valence-corrected chi connectivity index (χ1v) is 4.20. The fraction of sp³-hybridized carbons (Fsp3) is 0.333. The van der Waals surface area contributed by atoms with Crippen molar-refractivity contribution < 1.29 is 35.8 Å². The van der Waals surface area contributed by atoms with Crippen LogP contribution in [0.25, 0.3) is 0 Å². The van der Waals surface area contributed by atoms with E-state index in [1.165, 1.54) is 0 Å². The molecule has 1 fully saturated rings. The Morgan fingerprint density at radius 1 is 1.18 bits per heavy atom. The molecule has 4 nitrogen and oxygen atoms in total. The molecule has 0 saturated heterocycles. The Kier molecular flexibility index (Phi) is 29.8. The molecule has 0 spiro atoms. The van der Waals surface area contributed by atoms with Crippen LogP contribution in [-0.2, 0) is 35.8 Å². The molecule has 1 saturated carbocycles. The predicted molar refractivity (Wildman–Crippen MR) is 53.5 cm³/mol. The summed E-state index contributed by atoms with van der Waals surface area (Å²) >= 11 is 0. The van der Waals surface area contributed by atoms with Crippen molar-refractivity contribution in [3.63, 3.8) is 0 Å². The molecule has 92 valence electrons. The molecule has 0 aromatic heterocycles. The normalized spacial score (nSPS) is 13.4. The van der Waals surface area contributed by atoms with E-state index < -0.39 is 0 Å². The molecule has 0 heterocycles. The van der Waals surface area contributed by atoms with Gasteiger partial charge in [0, 0.05) is 23.5 Å². The standard InChI is InChI=1S/C9H12O.3CO.Fe/c1-7(2)6-8-4-3-5-9(8)10;3*1-2;/h6H,1,3-5H2,2H3;;;;/b8-6-;;;;. The molecule has 0 amide bonds. The fourth-order valence-corrected chi connectivity index (χ4v) is 1.19. The van der Waals surface area contributed by atoms with E-state index in [9.17, 15) is 4.79 Å². The Bertz CT molecular complexity index is 296. The molecule has 1 rings (SSSR count). The van der Waals surface area contributed by atoms with Gasteiger partial charge in [0.2, 0.25) is 0 Å². The maximum atomic E-state index is 11.0. The maximum absolute atomic E-state index is 11.0. The molecule has 0 bridgehead atoms. The Morgan fingerprint density at radius 2 is 1.59 bits per heavy atom. The molecule has 0 unspecified atom stereocenters. The van der Waals surface area contributed by atoms with Gasteiger partial charge in [-0.1, -0.05) is 18.2 Å². The SMILES string of the molecule is C=C(C)/C=C1/CCCC1=O.[C-]#[O+].[C-]#[O+].[C-]#[O+].[Fe]. The smallest absolute Gasteiger partial charge is 0 e. The fourth-order valence-electron chi connectivity index (χ4n) is 1.19. The first kappa shape index (κ1) is 24.9. The van der Waals surface area contributed by atoms with Gasteiger partial charge in [-0.3, -0.25) is 4.79 Å². The molecule has 0 aliphatic heterocycles. The van der Waals surface area contributed by atoms with Gasteiger partial charge in [0.1, 0.15) is 0 Å². The number of hydrogen-bond acceptors (Lipinski definition) is 1. The van der Waals surface area contributed by atoms with Gasteiger partial charge >= 0.3 is 33.9 Å². The zero-order valence-electron chi connectivity index (χ0n) is 9.39. The van der Waals surface area contributed by atoms with Crippen molar-refractivity contribution in [3.8, 4) is 0 Å². The van der Waals surface area contributed by atoms with E-state index in [2.05, 4.69) is 26.5 Å². The van der Waals surface area contributed by atoms with Crippen LogP contribution < -0.4 is 0 Å². The zero-order valence-corrected chi connectivity index (χ0v) is 10.5. The van der Waals surface area contributed by atoms with Crippen LogP contribution >= 0.6 is 0 Å². The van der Waals surface area contributed by atoms with E-state index in [0.717, 1.165) is 30.4 Å². The van der Waals surface area contributed by atoms with Crippen LogP contribution in [0.1, 0.15) is 26.2 Å². The monoisotopic (exact) mass is 276 g/mol. The Morgan fingerprint density at radius 3 is 1.82 bits per heavy atom. The third-order valence-corrected chi connectivity index (χ3v) is 1.63. The number of carbonyl (C=O) groups is 1. The number of carbonyl (C=O) groups excluding carboxylic acids is 1. The first-order chi connectivity index (χ1) is 7.70. The van der Waals surface area contributed by atoms with Gasteiger partial charge in [-0.15, -0.1) is 0 Å². The third-order valence-electron chi connectivity index (χ3n) is 1.63. The van der Waals surface area contributed by atoms with E-state index in [1.54, 1.807) is 0 Å². The molecule has 0 radical (unpaired) electrons. The number of hydrogen-bond donors (Lipinski definition) is 0. The van der Waals surface area contributed by atoms with Crippen LogP contribution in [0.3, 0.4) is 0 Å². The number of rotatable bonds is 1. The summed E-state index contributed by atoms with van der Waals surface area (Å²) in [5.74, 6) is 0.308. The van der Waals surface area contributed by atoms with Gasteiger partial charge in [-0.25, -0.2) is 0 Å². The van der Waals surface area contributed by atoms with Crippen molar-refractivity contribution in [3.05, 3.63) is 43.8 Å². The Hall–Kier alpha value is -1.11. The summed E-state index contributed by atoms with van der Waals surface area (Å²) in [5, 5.41) is 0. The molecule has 0 aromatic carbocycles. The van der Waals surface area contributed by atoms with E-state index in [-0.39, 0.29) is 17.1 Å². The van der Waals surface area contributed by atoms with Crippen molar-refractivity contribution in [2.45, 2.75) is 26.2 Å². The van der Waals surface area contributed by atoms with E-state index in [0.29, 0.717) is 5.78 Å². The molecular formula is C12H12FeO4. The molecular weight excluding hydrogens is 264 g/mol. The van der Waals surface area contributed by atoms with Gasteiger partial charge in [-0.05, 0) is 25.3 Å². The molecule has 0 atom stereocenters. The Balaban J connectivity index is -0.000000106. The van der Waals surface area contributed by atoms with Gasteiger partial charge in [0.25, 0.3) is 0 Å². The average Bonchev–Trinajstić information content (AvgIpc) is 2.72. The van der Waals surface area contributed by atoms with Crippen molar-refractivity contribution in [1.29, 1.82) is 0 Å². The minimum atomic E-state index is 0. The van der Waals surface area contributed by atoms with Gasteiger partial charge in [0.15, 0.2) is 5.78 Å². The summed E-state index contributed by atoms with van der Waals surface area (Å²) in [7, 11) is 0. The van der Waals surface area contributed by atoms with Gasteiger partial charge < -0.3 is 0 Å². The van der Waals surface area contributed by atoms with Crippen LogP contribution in [0.2, 0.25) is 0 Å². The van der Waals surface area contributed by atoms with E-state index in [4.69, 9.17) is 14.0 Å². The van der Waals surface area contributed by atoms with Crippen molar-refractivity contribution >= 4 is 5.78 Å². The van der Waals surface area contributed by atoms with Crippen LogP contribution in [0.5, 0.6) is 0 Å². The summed E-state index contributed by atoms with van der Waals surface area (Å²) < 4.78 is 22.5. The van der Waals surface area contributed by atoms with E-state index >= 15 is 0 Å². The summed E-state index contributed by atoms with van der Waals surface area (Å²) in [6, 6.07) is 0. The molecule has 5 heteroatoms. The molecule has 0 aromatic rings. The second kappa shape index (κ2) is 20.3. The van der Waals surface area contributed by atoms with E-state index in [1.807, 2.05) is 13.0 Å². The van der Waals surface area contributed by atoms with Crippen molar-refractivity contribution in [1.82, 2.24) is 0 Å². The largest absolute Gasteiger partial charge is 0 e. The van der Waals surface area contributed by atoms with Crippen LogP contribution in [0, 0.1) is 20.0 Å². The van der Waals surface area contributed by atoms with Crippen molar-refractivity contribution in [2.75, 3.05) is 0 Å². The molecule has 1 aliphatic carbocycles. The van der Waals surface area contributed by atoms with Crippen molar-refractivity contribution in [2.24, 2.45) is 0 Å². The van der Waals surface area contributed by atoms with Crippen LogP contribution in [0.4, 0.5) is 0 Å². The summed E-state index contributed by atoms with van der Waals surface area (Å²) in [4.78, 5) is 11.0. The van der Waals surface area contributed by atoms with Gasteiger partial charge in [-0.2, -0.15) is 0 Å². The quantitative estimate of drug-likeness (QED) is 0.313. The third kappa shape index (κ3) is 14.9. The summed E-state index contributed by atoms with van der Waals surface area (Å²) in [6.07, 6.45) is 4.61. The first-order valence-electron chi connectivity index (χ1n) is 4.20. The number of allylic oxidation sites excluding steroid dienone is 3. The predicted octanol–water partition coefficient (Wildman–Crippen LogP) is 2.13. The minimum absolute atomic E-state index is 0.